The number of hydrogen-bond acceptors (Lipinski definition) is 1. The zero-order valence-corrected chi connectivity index (χ0v) is 11.1. The van der Waals surface area contributed by atoms with Gasteiger partial charge < -0.3 is 0 Å². The lowest BCUT2D eigenvalue weighted by atomic mass is 10.0. The molecule has 0 N–H and O–H groups in total. The molecule has 0 unspecified atom stereocenters. The van der Waals surface area contributed by atoms with Crippen molar-refractivity contribution < 1.29 is 4.79 Å². The van der Waals surface area contributed by atoms with Crippen LogP contribution in [0.25, 0.3) is 11.1 Å². The molecule has 0 aliphatic heterocycles. The third kappa shape index (κ3) is 2.80. The van der Waals surface area contributed by atoms with Crippen molar-refractivity contribution in [1.29, 1.82) is 0 Å². The fourth-order valence-corrected chi connectivity index (χ4v) is 2.13. The second-order valence-electron chi connectivity index (χ2n) is 4.30. The predicted molar refractivity (Wildman–Crippen MR) is 76.3 cm³/mol. The first-order chi connectivity index (χ1) is 8.74. The molecule has 18 heavy (non-hydrogen) atoms. The molecule has 0 saturated heterocycles. The number of rotatable bonds is 4. The Bertz CT molecular complexity index is 544. The lowest BCUT2D eigenvalue weighted by Crippen LogP contribution is -1.86. The van der Waals surface area contributed by atoms with Crippen LogP contribution in [0.5, 0.6) is 0 Å². The number of carbonyl (C=O) groups excluding carboxylic acids is 1. The summed E-state index contributed by atoms with van der Waals surface area (Å²) >= 11 is 5.92. The summed E-state index contributed by atoms with van der Waals surface area (Å²) in [6.45, 7) is 2.17. The molecule has 2 rings (SSSR count). The fourth-order valence-electron chi connectivity index (χ4n) is 1.97. The first kappa shape index (κ1) is 12.8. The highest BCUT2D eigenvalue weighted by atomic mass is 35.5. The number of carbonyl (C=O) groups is 1. The molecule has 0 atom stereocenters. The number of aryl methyl sites for hydroxylation is 1. The topological polar surface area (TPSA) is 17.1 Å². The van der Waals surface area contributed by atoms with Crippen molar-refractivity contribution in [3.8, 4) is 11.1 Å². The van der Waals surface area contributed by atoms with Gasteiger partial charge in [-0.2, -0.15) is 0 Å². The van der Waals surface area contributed by atoms with E-state index < -0.39 is 0 Å². The van der Waals surface area contributed by atoms with Crippen molar-refractivity contribution in [3.05, 3.63) is 58.6 Å². The highest BCUT2D eigenvalue weighted by Crippen LogP contribution is 2.24. The molecule has 0 fully saturated rings. The van der Waals surface area contributed by atoms with E-state index in [0.717, 1.165) is 30.3 Å². The van der Waals surface area contributed by atoms with Gasteiger partial charge in [-0.1, -0.05) is 55.3 Å². The fraction of sp³-hybridized carbons (Fsp3) is 0.188. The number of hydrogen-bond donors (Lipinski definition) is 0. The van der Waals surface area contributed by atoms with Crippen LogP contribution in [0, 0.1) is 0 Å². The Morgan fingerprint density at radius 1 is 1.06 bits per heavy atom. The van der Waals surface area contributed by atoms with Gasteiger partial charge in [0.05, 0.1) is 5.02 Å². The maximum Gasteiger partial charge on any atom is 0.151 e. The quantitative estimate of drug-likeness (QED) is 0.722. The average Bonchev–Trinajstić information content (AvgIpc) is 2.41. The van der Waals surface area contributed by atoms with Gasteiger partial charge in [0.2, 0.25) is 0 Å². The standard InChI is InChI=1S/C16H15ClO/c1-2-3-12-4-6-13(7-5-12)14-8-9-16(17)15(10-14)11-18/h4-11H,2-3H2,1H3. The molecule has 0 aliphatic carbocycles. The van der Waals surface area contributed by atoms with Crippen LogP contribution in [-0.4, -0.2) is 6.29 Å². The molecule has 2 heteroatoms. The molecule has 0 spiro atoms. The van der Waals surface area contributed by atoms with Crippen LogP contribution in [0.1, 0.15) is 29.3 Å². The second-order valence-corrected chi connectivity index (χ2v) is 4.71. The van der Waals surface area contributed by atoms with Gasteiger partial charge in [-0.25, -0.2) is 0 Å². The van der Waals surface area contributed by atoms with Crippen molar-refractivity contribution in [2.24, 2.45) is 0 Å². The van der Waals surface area contributed by atoms with Gasteiger partial charge >= 0.3 is 0 Å². The van der Waals surface area contributed by atoms with Crippen LogP contribution < -0.4 is 0 Å². The van der Waals surface area contributed by atoms with Crippen molar-refractivity contribution in [3.63, 3.8) is 0 Å². The molecular formula is C16H15ClO. The lowest BCUT2D eigenvalue weighted by molar-refractivity contribution is 0.112. The van der Waals surface area contributed by atoms with Crippen molar-refractivity contribution >= 4 is 17.9 Å². The van der Waals surface area contributed by atoms with Gasteiger partial charge in [0.25, 0.3) is 0 Å². The maximum absolute atomic E-state index is 10.9. The van der Waals surface area contributed by atoms with Gasteiger partial charge in [0.15, 0.2) is 6.29 Å². The first-order valence-electron chi connectivity index (χ1n) is 6.08. The van der Waals surface area contributed by atoms with E-state index in [1.807, 2.05) is 12.1 Å². The predicted octanol–water partition coefficient (Wildman–Crippen LogP) is 4.77. The van der Waals surface area contributed by atoms with Gasteiger partial charge in [-0.3, -0.25) is 4.79 Å². The Balaban J connectivity index is 2.33. The van der Waals surface area contributed by atoms with Crippen molar-refractivity contribution in [2.75, 3.05) is 0 Å². The van der Waals surface area contributed by atoms with E-state index in [9.17, 15) is 4.79 Å². The summed E-state index contributed by atoms with van der Waals surface area (Å²) in [6.07, 6.45) is 3.04. The van der Waals surface area contributed by atoms with Crippen LogP contribution in [0.15, 0.2) is 42.5 Å². The lowest BCUT2D eigenvalue weighted by Gasteiger charge is -2.05. The average molecular weight is 259 g/mol. The smallest absolute Gasteiger partial charge is 0.151 e. The van der Waals surface area contributed by atoms with E-state index in [-0.39, 0.29) is 0 Å². The molecule has 1 nitrogen and oxygen atoms in total. The van der Waals surface area contributed by atoms with E-state index in [1.165, 1.54) is 5.56 Å². The normalized spacial score (nSPS) is 10.3. The summed E-state index contributed by atoms with van der Waals surface area (Å²) in [7, 11) is 0. The molecular weight excluding hydrogens is 244 g/mol. The van der Waals surface area contributed by atoms with Crippen LogP contribution >= 0.6 is 11.6 Å². The Morgan fingerprint density at radius 3 is 2.33 bits per heavy atom. The molecule has 0 bridgehead atoms. The Hall–Kier alpha value is -1.60. The Labute approximate surface area is 112 Å². The SMILES string of the molecule is CCCc1ccc(-c2ccc(Cl)c(C=O)c2)cc1. The molecule has 2 aromatic carbocycles. The zero-order chi connectivity index (χ0) is 13.0. The van der Waals surface area contributed by atoms with Gasteiger partial charge in [0, 0.05) is 5.56 Å². The molecule has 0 aromatic heterocycles. The number of halogens is 1. The number of benzene rings is 2. The monoisotopic (exact) mass is 258 g/mol. The molecule has 0 radical (unpaired) electrons. The summed E-state index contributed by atoms with van der Waals surface area (Å²) in [5.41, 5.74) is 4.00. The third-order valence-corrected chi connectivity index (χ3v) is 3.29. The van der Waals surface area contributed by atoms with E-state index in [2.05, 4.69) is 31.2 Å². The van der Waals surface area contributed by atoms with E-state index in [4.69, 9.17) is 11.6 Å². The van der Waals surface area contributed by atoms with Crippen LogP contribution in [0.2, 0.25) is 5.02 Å². The highest BCUT2D eigenvalue weighted by Gasteiger charge is 2.03. The second kappa shape index (κ2) is 5.83. The zero-order valence-electron chi connectivity index (χ0n) is 10.3. The summed E-state index contributed by atoms with van der Waals surface area (Å²) in [5, 5.41) is 0.497. The summed E-state index contributed by atoms with van der Waals surface area (Å²) in [6, 6.07) is 14.0. The summed E-state index contributed by atoms with van der Waals surface area (Å²) in [4.78, 5) is 10.9. The molecule has 92 valence electrons. The minimum atomic E-state index is 0.497. The van der Waals surface area contributed by atoms with Gasteiger partial charge in [0.1, 0.15) is 0 Å². The molecule has 2 aromatic rings. The summed E-state index contributed by atoms with van der Waals surface area (Å²) in [5.74, 6) is 0. The van der Waals surface area contributed by atoms with Crippen molar-refractivity contribution in [2.45, 2.75) is 19.8 Å². The maximum atomic E-state index is 10.9. The summed E-state index contributed by atoms with van der Waals surface area (Å²) < 4.78 is 0. The minimum Gasteiger partial charge on any atom is -0.298 e. The van der Waals surface area contributed by atoms with Crippen LogP contribution in [-0.2, 0) is 6.42 Å². The number of aldehydes is 1. The van der Waals surface area contributed by atoms with E-state index in [1.54, 1.807) is 6.07 Å². The Morgan fingerprint density at radius 2 is 1.72 bits per heavy atom. The molecule has 0 saturated carbocycles. The third-order valence-electron chi connectivity index (χ3n) is 2.95. The van der Waals surface area contributed by atoms with Crippen LogP contribution in [0.4, 0.5) is 0 Å². The minimum absolute atomic E-state index is 0.497. The molecule has 0 amide bonds. The first-order valence-corrected chi connectivity index (χ1v) is 6.46. The van der Waals surface area contributed by atoms with Crippen molar-refractivity contribution in [1.82, 2.24) is 0 Å². The van der Waals surface area contributed by atoms with Gasteiger partial charge in [-0.05, 0) is 35.2 Å². The molecule has 0 heterocycles. The largest absolute Gasteiger partial charge is 0.298 e. The van der Waals surface area contributed by atoms with Crippen LogP contribution in [0.3, 0.4) is 0 Å². The van der Waals surface area contributed by atoms with E-state index in [0.29, 0.717) is 10.6 Å². The van der Waals surface area contributed by atoms with Gasteiger partial charge in [-0.15, -0.1) is 0 Å². The highest BCUT2D eigenvalue weighted by molar-refractivity contribution is 6.33. The molecule has 0 aliphatic rings. The van der Waals surface area contributed by atoms with E-state index >= 15 is 0 Å². The Kier molecular flexibility index (Phi) is 4.16.